The average Bonchev–Trinajstić information content (AvgIpc) is 3.21. The molecule has 1 aliphatic heterocycles. The van der Waals surface area contributed by atoms with Crippen molar-refractivity contribution in [2.75, 3.05) is 45.8 Å². The van der Waals surface area contributed by atoms with Gasteiger partial charge >= 0.3 is 0 Å². The minimum Gasteiger partial charge on any atom is -0.493 e. The highest BCUT2D eigenvalue weighted by Gasteiger charge is 2.18. The number of benzene rings is 2. The summed E-state index contributed by atoms with van der Waals surface area (Å²) < 4.78 is 16.1. The first-order valence-corrected chi connectivity index (χ1v) is 11.3. The van der Waals surface area contributed by atoms with Crippen molar-refractivity contribution in [3.63, 3.8) is 0 Å². The predicted molar refractivity (Wildman–Crippen MR) is 126 cm³/mol. The van der Waals surface area contributed by atoms with Gasteiger partial charge in [0.2, 0.25) is 0 Å². The maximum absolute atomic E-state index is 13.0. The molecule has 32 heavy (non-hydrogen) atoms. The van der Waals surface area contributed by atoms with Crippen molar-refractivity contribution in [2.24, 2.45) is 0 Å². The standard InChI is InChI=1S/C24H27N3O4S/c1-16-22(32-24(25-16)18-7-8-20(29-2)21(14-18)30-3)23(28)26-19-6-4-5-17(13-19)15-27-9-11-31-12-10-27/h4-8,13-14H,9-12,15H2,1-3H3,(H,26,28). The van der Waals surface area contributed by atoms with Gasteiger partial charge in [-0.15, -0.1) is 11.3 Å². The molecule has 0 unspecified atom stereocenters. The van der Waals surface area contributed by atoms with Gasteiger partial charge in [-0.2, -0.15) is 0 Å². The van der Waals surface area contributed by atoms with Crippen molar-refractivity contribution in [2.45, 2.75) is 13.5 Å². The van der Waals surface area contributed by atoms with Gasteiger partial charge < -0.3 is 19.5 Å². The summed E-state index contributed by atoms with van der Waals surface area (Å²) in [5.41, 5.74) is 3.52. The molecular weight excluding hydrogens is 426 g/mol. The van der Waals surface area contributed by atoms with Crippen LogP contribution in [0.1, 0.15) is 20.9 Å². The second kappa shape index (κ2) is 10.1. The van der Waals surface area contributed by atoms with Gasteiger partial charge in [0.15, 0.2) is 11.5 Å². The summed E-state index contributed by atoms with van der Waals surface area (Å²) in [6.45, 7) is 6.08. The summed E-state index contributed by atoms with van der Waals surface area (Å²) in [4.78, 5) is 20.5. The number of anilines is 1. The van der Waals surface area contributed by atoms with Crippen molar-refractivity contribution >= 4 is 22.9 Å². The largest absolute Gasteiger partial charge is 0.493 e. The van der Waals surface area contributed by atoms with Gasteiger partial charge in [-0.1, -0.05) is 12.1 Å². The number of morpholine rings is 1. The molecule has 0 spiro atoms. The van der Waals surface area contributed by atoms with Crippen molar-refractivity contribution in [3.05, 3.63) is 58.6 Å². The number of hydrogen-bond donors (Lipinski definition) is 1. The Labute approximate surface area is 191 Å². The average molecular weight is 454 g/mol. The Balaban J connectivity index is 1.49. The third-order valence-corrected chi connectivity index (χ3v) is 6.53. The van der Waals surface area contributed by atoms with Crippen LogP contribution in [-0.2, 0) is 11.3 Å². The van der Waals surface area contributed by atoms with E-state index in [9.17, 15) is 4.79 Å². The second-order valence-corrected chi connectivity index (χ2v) is 8.55. The van der Waals surface area contributed by atoms with E-state index in [0.717, 1.165) is 54.7 Å². The van der Waals surface area contributed by atoms with Crippen LogP contribution in [0.25, 0.3) is 10.6 Å². The Morgan fingerprint density at radius 3 is 2.66 bits per heavy atom. The van der Waals surface area contributed by atoms with Gasteiger partial charge in [0.1, 0.15) is 9.88 Å². The van der Waals surface area contributed by atoms with Crippen LogP contribution < -0.4 is 14.8 Å². The molecule has 0 aliphatic carbocycles. The molecule has 168 valence electrons. The van der Waals surface area contributed by atoms with E-state index in [-0.39, 0.29) is 5.91 Å². The number of amides is 1. The monoisotopic (exact) mass is 453 g/mol. The first kappa shape index (κ1) is 22.3. The number of methoxy groups -OCH3 is 2. The first-order chi connectivity index (χ1) is 15.6. The molecule has 0 radical (unpaired) electrons. The first-order valence-electron chi connectivity index (χ1n) is 10.5. The van der Waals surface area contributed by atoms with Crippen LogP contribution in [0, 0.1) is 6.92 Å². The summed E-state index contributed by atoms with van der Waals surface area (Å²) in [6.07, 6.45) is 0. The van der Waals surface area contributed by atoms with E-state index in [1.54, 1.807) is 14.2 Å². The number of nitrogens with one attached hydrogen (secondary N) is 1. The number of hydrogen-bond acceptors (Lipinski definition) is 7. The maximum Gasteiger partial charge on any atom is 0.267 e. The number of rotatable bonds is 7. The summed E-state index contributed by atoms with van der Waals surface area (Å²) in [7, 11) is 3.20. The number of aryl methyl sites for hydroxylation is 1. The summed E-state index contributed by atoms with van der Waals surface area (Å²) in [6, 6.07) is 13.6. The second-order valence-electron chi connectivity index (χ2n) is 7.55. The van der Waals surface area contributed by atoms with E-state index in [0.29, 0.717) is 22.1 Å². The molecule has 2 aromatic carbocycles. The lowest BCUT2D eigenvalue weighted by molar-refractivity contribution is 0.0342. The third-order valence-electron chi connectivity index (χ3n) is 5.33. The zero-order valence-electron chi connectivity index (χ0n) is 18.5. The topological polar surface area (TPSA) is 72.9 Å². The number of aromatic nitrogens is 1. The quantitative estimate of drug-likeness (QED) is 0.578. The molecule has 2 heterocycles. The Morgan fingerprint density at radius 2 is 1.91 bits per heavy atom. The van der Waals surface area contributed by atoms with Crippen LogP contribution in [0.4, 0.5) is 5.69 Å². The normalized spacial score (nSPS) is 14.2. The minimum atomic E-state index is -0.157. The van der Waals surface area contributed by atoms with Crippen LogP contribution in [-0.4, -0.2) is 56.3 Å². The number of carbonyl (C=O) groups excluding carboxylic acids is 1. The maximum atomic E-state index is 13.0. The fraction of sp³-hybridized carbons (Fsp3) is 0.333. The smallest absolute Gasteiger partial charge is 0.267 e. The van der Waals surface area contributed by atoms with Crippen LogP contribution in [0.3, 0.4) is 0 Å². The Kier molecular flexibility index (Phi) is 7.04. The summed E-state index contributed by atoms with van der Waals surface area (Å²) in [5.74, 6) is 1.12. The molecule has 4 rings (SSSR count). The lowest BCUT2D eigenvalue weighted by atomic mass is 10.1. The van der Waals surface area contributed by atoms with E-state index in [1.165, 1.54) is 11.3 Å². The summed E-state index contributed by atoms with van der Waals surface area (Å²) >= 11 is 1.36. The van der Waals surface area contributed by atoms with Crippen molar-refractivity contribution < 1.29 is 19.0 Å². The van der Waals surface area contributed by atoms with Crippen LogP contribution in [0.5, 0.6) is 11.5 Å². The van der Waals surface area contributed by atoms with E-state index in [1.807, 2.05) is 43.3 Å². The summed E-state index contributed by atoms with van der Waals surface area (Å²) in [5, 5.41) is 3.78. The fourth-order valence-corrected chi connectivity index (χ4v) is 4.61. The van der Waals surface area contributed by atoms with Gasteiger partial charge in [-0.05, 0) is 42.8 Å². The van der Waals surface area contributed by atoms with Crippen molar-refractivity contribution in [1.82, 2.24) is 9.88 Å². The Bertz CT molecular complexity index is 1090. The SMILES string of the molecule is COc1ccc(-c2nc(C)c(C(=O)Nc3cccc(CN4CCOCC4)c3)s2)cc1OC. The highest BCUT2D eigenvalue weighted by Crippen LogP contribution is 2.35. The van der Waals surface area contributed by atoms with Crippen LogP contribution in [0.15, 0.2) is 42.5 Å². The van der Waals surface area contributed by atoms with Gasteiger partial charge in [0, 0.05) is 30.9 Å². The van der Waals surface area contributed by atoms with E-state index >= 15 is 0 Å². The highest BCUT2D eigenvalue weighted by molar-refractivity contribution is 7.17. The van der Waals surface area contributed by atoms with Crippen LogP contribution >= 0.6 is 11.3 Å². The van der Waals surface area contributed by atoms with E-state index < -0.39 is 0 Å². The molecule has 1 saturated heterocycles. The van der Waals surface area contributed by atoms with E-state index in [2.05, 4.69) is 21.3 Å². The van der Waals surface area contributed by atoms with Crippen molar-refractivity contribution in [3.8, 4) is 22.1 Å². The lowest BCUT2D eigenvalue weighted by Crippen LogP contribution is -2.35. The fourth-order valence-electron chi connectivity index (χ4n) is 3.65. The van der Waals surface area contributed by atoms with E-state index in [4.69, 9.17) is 14.2 Å². The molecule has 1 aromatic heterocycles. The van der Waals surface area contributed by atoms with Gasteiger partial charge in [-0.3, -0.25) is 9.69 Å². The molecule has 1 amide bonds. The zero-order valence-corrected chi connectivity index (χ0v) is 19.3. The molecule has 0 saturated carbocycles. The molecule has 3 aromatic rings. The minimum absolute atomic E-state index is 0.157. The van der Waals surface area contributed by atoms with Crippen LogP contribution in [0.2, 0.25) is 0 Å². The van der Waals surface area contributed by atoms with Gasteiger partial charge in [0.25, 0.3) is 5.91 Å². The highest BCUT2D eigenvalue weighted by atomic mass is 32.1. The van der Waals surface area contributed by atoms with Gasteiger partial charge in [-0.25, -0.2) is 4.98 Å². The molecule has 0 atom stereocenters. The number of ether oxygens (including phenoxy) is 3. The zero-order chi connectivity index (χ0) is 22.5. The molecule has 1 fully saturated rings. The molecular formula is C24H27N3O4S. The molecule has 7 nitrogen and oxygen atoms in total. The molecule has 8 heteroatoms. The number of carbonyl (C=O) groups is 1. The van der Waals surface area contributed by atoms with Crippen molar-refractivity contribution in [1.29, 1.82) is 0 Å². The predicted octanol–water partition coefficient (Wildman–Crippen LogP) is 4.22. The molecule has 0 bridgehead atoms. The third kappa shape index (κ3) is 5.09. The van der Waals surface area contributed by atoms with Gasteiger partial charge in [0.05, 0.1) is 33.1 Å². The molecule has 1 aliphatic rings. The Morgan fingerprint density at radius 1 is 1.12 bits per heavy atom. The Hall–Kier alpha value is -2.94. The lowest BCUT2D eigenvalue weighted by Gasteiger charge is -2.26. The molecule has 1 N–H and O–H groups in total. The number of thiazole rings is 1. The number of nitrogens with zero attached hydrogens (tertiary/aromatic N) is 2.